The van der Waals surface area contributed by atoms with Crippen LogP contribution in [-0.2, 0) is 21.8 Å². The van der Waals surface area contributed by atoms with Crippen molar-refractivity contribution in [3.63, 3.8) is 0 Å². The van der Waals surface area contributed by atoms with Crippen LogP contribution in [0, 0.1) is 6.92 Å². The number of rotatable bonds is 4. The van der Waals surface area contributed by atoms with Gasteiger partial charge in [0.2, 0.25) is 0 Å². The highest BCUT2D eigenvalue weighted by atomic mass is 32.2. The highest BCUT2D eigenvalue weighted by Crippen LogP contribution is 2.26. The first-order valence-corrected chi connectivity index (χ1v) is 11.6. The van der Waals surface area contributed by atoms with Crippen LogP contribution in [0.3, 0.4) is 0 Å². The minimum Gasteiger partial charge on any atom is -0.330 e. The molecule has 0 unspecified atom stereocenters. The molecule has 1 aliphatic heterocycles. The second-order valence-corrected chi connectivity index (χ2v) is 11.0. The van der Waals surface area contributed by atoms with Gasteiger partial charge in [-0.05, 0) is 41.5 Å². The van der Waals surface area contributed by atoms with Gasteiger partial charge in [0, 0.05) is 18.2 Å². The van der Waals surface area contributed by atoms with E-state index in [0.717, 1.165) is 11.1 Å². The minimum atomic E-state index is -3.08. The topological polar surface area (TPSA) is 54.5 Å². The number of carbonyl (C=O) groups is 1. The maximum atomic E-state index is 13.3. The van der Waals surface area contributed by atoms with Gasteiger partial charge in [0.1, 0.15) is 0 Å². The Morgan fingerprint density at radius 3 is 2.25 bits per heavy atom. The molecule has 4 nitrogen and oxygen atoms in total. The molecule has 1 saturated heterocycles. The number of hydrogen-bond acceptors (Lipinski definition) is 3. The van der Waals surface area contributed by atoms with E-state index in [4.69, 9.17) is 0 Å². The van der Waals surface area contributed by atoms with Crippen molar-refractivity contribution in [3.05, 3.63) is 70.8 Å². The van der Waals surface area contributed by atoms with Crippen LogP contribution >= 0.6 is 0 Å². The monoisotopic (exact) mass is 399 g/mol. The van der Waals surface area contributed by atoms with Crippen molar-refractivity contribution >= 4 is 15.7 Å². The standard InChI is InChI=1S/C23H29NO3S/c1-17-7-5-6-8-21(17)22(25)24(20-13-14-28(26,27)16-20)15-18-9-11-19(12-10-18)23(2,3)4/h5-12,20H,13-16H2,1-4H3/t20-/m0/s1. The van der Waals surface area contributed by atoms with Crippen molar-refractivity contribution in [3.8, 4) is 0 Å². The van der Waals surface area contributed by atoms with Gasteiger partial charge in [-0.25, -0.2) is 8.42 Å². The summed E-state index contributed by atoms with van der Waals surface area (Å²) in [6.45, 7) is 8.82. The minimum absolute atomic E-state index is 0.0463. The molecule has 2 aromatic carbocycles. The van der Waals surface area contributed by atoms with Crippen LogP contribution in [0.1, 0.15) is 54.2 Å². The Morgan fingerprint density at radius 1 is 1.07 bits per heavy atom. The van der Waals surface area contributed by atoms with Gasteiger partial charge in [-0.1, -0.05) is 63.2 Å². The number of sulfone groups is 1. The lowest BCUT2D eigenvalue weighted by molar-refractivity contribution is 0.0680. The molecular weight excluding hydrogens is 370 g/mol. The van der Waals surface area contributed by atoms with Crippen LogP contribution in [0.25, 0.3) is 0 Å². The van der Waals surface area contributed by atoms with E-state index in [1.807, 2.05) is 43.3 Å². The molecule has 0 bridgehead atoms. The summed E-state index contributed by atoms with van der Waals surface area (Å²) in [5, 5.41) is 0. The predicted molar refractivity (Wildman–Crippen MR) is 113 cm³/mol. The predicted octanol–water partition coefficient (Wildman–Crippen LogP) is 4.12. The second-order valence-electron chi connectivity index (χ2n) is 8.75. The third kappa shape index (κ3) is 4.64. The molecule has 0 radical (unpaired) electrons. The maximum Gasteiger partial charge on any atom is 0.254 e. The largest absolute Gasteiger partial charge is 0.330 e. The summed E-state index contributed by atoms with van der Waals surface area (Å²) < 4.78 is 24.1. The highest BCUT2D eigenvalue weighted by molar-refractivity contribution is 7.91. The molecule has 0 spiro atoms. The molecule has 150 valence electrons. The van der Waals surface area contributed by atoms with Crippen LogP contribution in [0.2, 0.25) is 0 Å². The molecule has 0 saturated carbocycles. The number of aryl methyl sites for hydroxylation is 1. The smallest absolute Gasteiger partial charge is 0.254 e. The fraction of sp³-hybridized carbons (Fsp3) is 0.435. The number of nitrogens with zero attached hydrogens (tertiary/aromatic N) is 1. The zero-order chi connectivity index (χ0) is 20.5. The lowest BCUT2D eigenvalue weighted by Gasteiger charge is -2.29. The summed E-state index contributed by atoms with van der Waals surface area (Å²) in [4.78, 5) is 15.1. The molecule has 3 rings (SSSR count). The normalized spacial score (nSPS) is 18.8. The van der Waals surface area contributed by atoms with Crippen LogP contribution in [0.5, 0.6) is 0 Å². The number of benzene rings is 2. The van der Waals surface area contributed by atoms with Crippen molar-refractivity contribution in [2.45, 2.75) is 52.1 Å². The van der Waals surface area contributed by atoms with Crippen molar-refractivity contribution in [1.82, 2.24) is 4.90 Å². The van der Waals surface area contributed by atoms with Gasteiger partial charge in [-0.2, -0.15) is 0 Å². The molecular formula is C23H29NO3S. The number of hydrogen-bond donors (Lipinski definition) is 0. The molecule has 1 aliphatic rings. The van der Waals surface area contributed by atoms with Crippen molar-refractivity contribution in [1.29, 1.82) is 0 Å². The summed E-state index contributed by atoms with van der Waals surface area (Å²) in [6, 6.07) is 15.5. The van der Waals surface area contributed by atoms with Crippen molar-refractivity contribution in [2.75, 3.05) is 11.5 Å². The lowest BCUT2D eigenvalue weighted by Crippen LogP contribution is -2.41. The molecule has 0 aliphatic carbocycles. The van der Waals surface area contributed by atoms with Crippen molar-refractivity contribution in [2.24, 2.45) is 0 Å². The zero-order valence-corrected chi connectivity index (χ0v) is 17.9. The fourth-order valence-corrected chi connectivity index (χ4v) is 5.39. The molecule has 28 heavy (non-hydrogen) atoms. The Bertz CT molecular complexity index is 956. The first kappa shape index (κ1) is 20.6. The molecule has 1 fully saturated rings. The summed E-state index contributed by atoms with van der Waals surface area (Å²) in [5.74, 6) is 0.100. The lowest BCUT2D eigenvalue weighted by atomic mass is 9.86. The van der Waals surface area contributed by atoms with Crippen LogP contribution in [-0.4, -0.2) is 36.8 Å². The number of amides is 1. The summed E-state index contributed by atoms with van der Waals surface area (Å²) >= 11 is 0. The summed E-state index contributed by atoms with van der Waals surface area (Å²) in [7, 11) is -3.08. The summed E-state index contributed by atoms with van der Waals surface area (Å²) in [6.07, 6.45) is 0.500. The van der Waals surface area contributed by atoms with Gasteiger partial charge in [0.25, 0.3) is 5.91 Å². The van der Waals surface area contributed by atoms with Crippen molar-refractivity contribution < 1.29 is 13.2 Å². The second kappa shape index (κ2) is 7.70. The van der Waals surface area contributed by atoms with E-state index >= 15 is 0 Å². The molecule has 2 aromatic rings. The van der Waals surface area contributed by atoms with Crippen LogP contribution in [0.15, 0.2) is 48.5 Å². The first-order valence-electron chi connectivity index (χ1n) is 9.73. The van der Waals surface area contributed by atoms with E-state index in [2.05, 4.69) is 32.9 Å². The van der Waals surface area contributed by atoms with Gasteiger partial charge >= 0.3 is 0 Å². The molecule has 0 N–H and O–H groups in total. The first-order chi connectivity index (χ1) is 13.1. The quantitative estimate of drug-likeness (QED) is 0.777. The average molecular weight is 400 g/mol. The Kier molecular flexibility index (Phi) is 5.67. The Balaban J connectivity index is 1.91. The highest BCUT2D eigenvalue weighted by Gasteiger charge is 2.35. The van der Waals surface area contributed by atoms with E-state index in [1.165, 1.54) is 5.56 Å². The van der Waals surface area contributed by atoms with Gasteiger partial charge in [0.15, 0.2) is 9.84 Å². The number of carbonyl (C=O) groups excluding carboxylic acids is 1. The third-order valence-electron chi connectivity index (χ3n) is 5.46. The SMILES string of the molecule is Cc1ccccc1C(=O)N(Cc1ccc(C(C)(C)C)cc1)[C@H]1CCS(=O)(=O)C1. The Hall–Kier alpha value is -2.14. The molecule has 0 aromatic heterocycles. The van der Waals surface area contributed by atoms with E-state index in [1.54, 1.807) is 4.90 Å². The zero-order valence-electron chi connectivity index (χ0n) is 17.1. The fourth-order valence-electron chi connectivity index (χ4n) is 3.66. The molecule has 1 atom stereocenters. The van der Waals surface area contributed by atoms with Gasteiger partial charge in [0.05, 0.1) is 11.5 Å². The van der Waals surface area contributed by atoms with E-state index in [0.29, 0.717) is 18.5 Å². The Morgan fingerprint density at radius 2 is 1.71 bits per heavy atom. The average Bonchev–Trinajstić information content (AvgIpc) is 2.99. The van der Waals surface area contributed by atoms with E-state index in [-0.39, 0.29) is 28.9 Å². The van der Waals surface area contributed by atoms with Crippen LogP contribution < -0.4 is 0 Å². The Labute approximate surface area is 168 Å². The summed E-state index contributed by atoms with van der Waals surface area (Å²) in [5.41, 5.74) is 3.85. The maximum absolute atomic E-state index is 13.3. The van der Waals surface area contributed by atoms with Gasteiger partial charge < -0.3 is 4.90 Å². The van der Waals surface area contributed by atoms with Gasteiger partial charge in [-0.15, -0.1) is 0 Å². The van der Waals surface area contributed by atoms with E-state index < -0.39 is 9.84 Å². The molecule has 1 amide bonds. The molecule has 5 heteroatoms. The van der Waals surface area contributed by atoms with Gasteiger partial charge in [-0.3, -0.25) is 4.79 Å². The van der Waals surface area contributed by atoms with Crippen LogP contribution in [0.4, 0.5) is 0 Å². The molecule has 1 heterocycles. The third-order valence-corrected chi connectivity index (χ3v) is 7.21. The van der Waals surface area contributed by atoms with E-state index in [9.17, 15) is 13.2 Å².